The van der Waals surface area contributed by atoms with Crippen LogP contribution in [-0.4, -0.2) is 46.3 Å². The minimum Gasteiger partial charge on any atom is -0.396 e. The average Bonchev–Trinajstić information content (AvgIpc) is 2.18. The first-order valence-electron chi connectivity index (χ1n) is 5.71. The number of benzene rings is 1. The zero-order valence-electron chi connectivity index (χ0n) is 11.3. The number of nitrogens with one attached hydrogen (secondary N) is 1. The van der Waals surface area contributed by atoms with Crippen molar-refractivity contribution < 1.29 is 8.42 Å². The van der Waals surface area contributed by atoms with Gasteiger partial charge in [-0.05, 0) is 33.2 Å². The van der Waals surface area contributed by atoms with Gasteiger partial charge in [-0.1, -0.05) is 6.07 Å². The molecule has 0 radical (unpaired) electrons. The monoisotopic (exact) mass is 271 g/mol. The second-order valence-electron chi connectivity index (χ2n) is 4.80. The predicted molar refractivity (Wildman–Crippen MR) is 75.6 cm³/mol. The average molecular weight is 271 g/mol. The Morgan fingerprint density at radius 1 is 1.39 bits per heavy atom. The molecule has 0 saturated heterocycles. The highest BCUT2D eigenvalue weighted by Crippen LogP contribution is 2.26. The van der Waals surface area contributed by atoms with E-state index >= 15 is 0 Å². The Kier molecular flexibility index (Phi) is 4.59. The highest BCUT2D eigenvalue weighted by Gasteiger charge is 2.15. The molecule has 0 aliphatic rings. The summed E-state index contributed by atoms with van der Waals surface area (Å²) in [6.45, 7) is 2.86. The number of anilines is 2. The molecule has 1 aromatic carbocycles. The molecule has 18 heavy (non-hydrogen) atoms. The number of para-hydroxylation sites is 1. The van der Waals surface area contributed by atoms with Crippen LogP contribution >= 0.6 is 0 Å². The molecule has 0 heterocycles. The van der Waals surface area contributed by atoms with Gasteiger partial charge in [0.2, 0.25) is 0 Å². The normalized spacial score (nSPS) is 13.6. The van der Waals surface area contributed by atoms with Crippen molar-refractivity contribution in [2.75, 3.05) is 37.9 Å². The van der Waals surface area contributed by atoms with E-state index in [1.54, 1.807) is 12.1 Å². The van der Waals surface area contributed by atoms with Crippen molar-refractivity contribution in [2.45, 2.75) is 17.9 Å². The quantitative estimate of drug-likeness (QED) is 0.782. The van der Waals surface area contributed by atoms with Crippen molar-refractivity contribution in [2.24, 2.45) is 0 Å². The summed E-state index contributed by atoms with van der Waals surface area (Å²) in [5.41, 5.74) is 6.84. The molecule has 3 N–H and O–H groups in total. The molecule has 0 spiro atoms. The van der Waals surface area contributed by atoms with E-state index in [0.717, 1.165) is 12.8 Å². The Hall–Kier alpha value is -1.27. The molecule has 0 saturated carbocycles. The highest BCUT2D eigenvalue weighted by atomic mass is 32.2. The van der Waals surface area contributed by atoms with Gasteiger partial charge in [0.05, 0.1) is 16.3 Å². The minimum atomic E-state index is -3.29. The van der Waals surface area contributed by atoms with Gasteiger partial charge >= 0.3 is 0 Å². The van der Waals surface area contributed by atoms with E-state index in [9.17, 15) is 8.42 Å². The lowest BCUT2D eigenvalue weighted by Crippen LogP contribution is -2.30. The molecular formula is C12H21N3O2S. The lowest BCUT2D eigenvalue weighted by atomic mass is 10.2. The van der Waals surface area contributed by atoms with Gasteiger partial charge in [-0.15, -0.1) is 0 Å². The van der Waals surface area contributed by atoms with Gasteiger partial charge in [0, 0.05) is 18.8 Å². The van der Waals surface area contributed by atoms with E-state index in [0.29, 0.717) is 5.69 Å². The second kappa shape index (κ2) is 5.58. The number of sulfone groups is 1. The van der Waals surface area contributed by atoms with Crippen molar-refractivity contribution in [1.29, 1.82) is 0 Å². The number of hydrogen-bond donors (Lipinski definition) is 2. The van der Waals surface area contributed by atoms with Gasteiger partial charge in [0.25, 0.3) is 0 Å². The van der Waals surface area contributed by atoms with E-state index in [1.807, 2.05) is 25.9 Å². The summed E-state index contributed by atoms with van der Waals surface area (Å²) in [6, 6.07) is 5.18. The van der Waals surface area contributed by atoms with Gasteiger partial charge in [0.1, 0.15) is 0 Å². The zero-order valence-corrected chi connectivity index (χ0v) is 12.1. The first-order valence-corrected chi connectivity index (χ1v) is 7.60. The number of nitrogen functional groups attached to an aromatic ring is 1. The molecule has 0 amide bonds. The summed E-state index contributed by atoms with van der Waals surface area (Å²) in [7, 11) is 0.671. The molecular weight excluding hydrogens is 250 g/mol. The summed E-state index contributed by atoms with van der Waals surface area (Å²) in [5.74, 6) is 0. The van der Waals surface area contributed by atoms with Crippen LogP contribution in [0.3, 0.4) is 0 Å². The van der Waals surface area contributed by atoms with Crippen LogP contribution < -0.4 is 11.1 Å². The fourth-order valence-electron chi connectivity index (χ4n) is 1.85. The minimum absolute atomic E-state index is 0.171. The molecule has 1 atom stereocenters. The zero-order chi connectivity index (χ0) is 13.9. The predicted octanol–water partition coefficient (Wildman–Crippen LogP) is 1.03. The van der Waals surface area contributed by atoms with Crippen LogP contribution in [0.5, 0.6) is 0 Å². The van der Waals surface area contributed by atoms with Crippen molar-refractivity contribution in [3.8, 4) is 0 Å². The van der Waals surface area contributed by atoms with Crippen LogP contribution in [0.15, 0.2) is 23.1 Å². The Morgan fingerprint density at radius 2 is 2.00 bits per heavy atom. The Morgan fingerprint density at radius 3 is 2.50 bits per heavy atom. The molecule has 1 aromatic rings. The van der Waals surface area contributed by atoms with Crippen LogP contribution in [0, 0.1) is 0 Å². The lowest BCUT2D eigenvalue weighted by molar-refractivity contribution is 0.392. The SMILES string of the molecule is CC(CN(C)C)Nc1cccc(S(C)(=O)=O)c1N. The summed E-state index contributed by atoms with van der Waals surface area (Å²) in [4.78, 5) is 2.22. The van der Waals surface area contributed by atoms with Crippen LogP contribution in [0.25, 0.3) is 0 Å². The number of likely N-dealkylation sites (N-methyl/N-ethyl adjacent to an activating group) is 1. The van der Waals surface area contributed by atoms with E-state index in [-0.39, 0.29) is 16.6 Å². The van der Waals surface area contributed by atoms with Crippen LogP contribution in [0.2, 0.25) is 0 Å². The Bertz CT molecular complexity index is 512. The molecule has 6 heteroatoms. The molecule has 1 rings (SSSR count). The summed E-state index contributed by atoms with van der Waals surface area (Å²) >= 11 is 0. The number of hydrogen-bond acceptors (Lipinski definition) is 5. The number of rotatable bonds is 5. The first-order chi connectivity index (χ1) is 8.21. The molecule has 5 nitrogen and oxygen atoms in total. The van der Waals surface area contributed by atoms with Crippen LogP contribution in [0.4, 0.5) is 11.4 Å². The summed E-state index contributed by atoms with van der Waals surface area (Å²) < 4.78 is 23.1. The van der Waals surface area contributed by atoms with Gasteiger partial charge in [0.15, 0.2) is 9.84 Å². The maximum absolute atomic E-state index is 11.6. The van der Waals surface area contributed by atoms with Gasteiger partial charge in [-0.3, -0.25) is 0 Å². The summed E-state index contributed by atoms with van der Waals surface area (Å²) in [5, 5.41) is 3.22. The third-order valence-electron chi connectivity index (χ3n) is 2.51. The van der Waals surface area contributed by atoms with Crippen molar-refractivity contribution in [3.05, 3.63) is 18.2 Å². The lowest BCUT2D eigenvalue weighted by Gasteiger charge is -2.21. The van der Waals surface area contributed by atoms with E-state index < -0.39 is 9.84 Å². The standard InChI is InChI=1S/C12H21N3O2S/c1-9(8-15(2)3)14-10-6-5-7-11(12(10)13)18(4,16)17/h5-7,9,14H,8,13H2,1-4H3. The third kappa shape index (κ3) is 3.89. The maximum atomic E-state index is 11.6. The highest BCUT2D eigenvalue weighted by molar-refractivity contribution is 7.90. The largest absolute Gasteiger partial charge is 0.396 e. The van der Waals surface area contributed by atoms with E-state index in [4.69, 9.17) is 5.73 Å². The smallest absolute Gasteiger partial charge is 0.177 e. The van der Waals surface area contributed by atoms with Crippen molar-refractivity contribution in [3.63, 3.8) is 0 Å². The van der Waals surface area contributed by atoms with Crippen LogP contribution in [0.1, 0.15) is 6.92 Å². The van der Waals surface area contributed by atoms with E-state index in [1.165, 1.54) is 6.07 Å². The topological polar surface area (TPSA) is 75.4 Å². The van der Waals surface area contributed by atoms with Crippen LogP contribution in [-0.2, 0) is 9.84 Å². The van der Waals surface area contributed by atoms with Gasteiger partial charge in [-0.25, -0.2) is 8.42 Å². The molecule has 0 aliphatic heterocycles. The molecule has 0 aliphatic carbocycles. The molecule has 102 valence electrons. The number of nitrogens with two attached hydrogens (primary N) is 1. The van der Waals surface area contributed by atoms with E-state index in [2.05, 4.69) is 5.32 Å². The fourth-order valence-corrected chi connectivity index (χ4v) is 2.69. The van der Waals surface area contributed by atoms with Crippen molar-refractivity contribution in [1.82, 2.24) is 4.90 Å². The Balaban J connectivity index is 2.98. The Labute approximate surface area is 109 Å². The van der Waals surface area contributed by atoms with Gasteiger partial charge in [-0.2, -0.15) is 0 Å². The summed E-state index contributed by atoms with van der Waals surface area (Å²) in [6.07, 6.45) is 1.16. The molecule has 1 unspecified atom stereocenters. The third-order valence-corrected chi connectivity index (χ3v) is 3.66. The molecule has 0 fully saturated rings. The number of nitrogens with zero attached hydrogens (tertiary/aromatic N) is 1. The molecule has 0 aromatic heterocycles. The first kappa shape index (κ1) is 14.8. The maximum Gasteiger partial charge on any atom is 0.177 e. The van der Waals surface area contributed by atoms with Crippen molar-refractivity contribution >= 4 is 21.2 Å². The van der Waals surface area contributed by atoms with Gasteiger partial charge < -0.3 is 16.0 Å². The second-order valence-corrected chi connectivity index (χ2v) is 6.78. The fraction of sp³-hybridized carbons (Fsp3) is 0.500. The molecule has 0 bridgehead atoms.